The number of anilines is 1. The Morgan fingerprint density at radius 2 is 2.25 bits per heavy atom. The van der Waals surface area contributed by atoms with E-state index in [1.165, 1.54) is 21.2 Å². The van der Waals surface area contributed by atoms with Crippen LogP contribution >= 0.6 is 45.2 Å². The Balaban J connectivity index is 2.52. The quantitative estimate of drug-likeness (QED) is 0.532. The van der Waals surface area contributed by atoms with E-state index in [2.05, 4.69) is 68.7 Å². The summed E-state index contributed by atoms with van der Waals surface area (Å²) < 4.78 is 2.03. The average Bonchev–Trinajstić information content (AvgIpc) is 2.07. The zero-order chi connectivity index (χ0) is 8.55. The SMILES string of the molecule is Ic1cccc2c1NCCC2I. The van der Waals surface area contributed by atoms with Gasteiger partial charge in [0.2, 0.25) is 0 Å². The Kier molecular flexibility index (Phi) is 2.78. The van der Waals surface area contributed by atoms with Gasteiger partial charge in [-0.05, 0) is 40.6 Å². The van der Waals surface area contributed by atoms with Crippen LogP contribution in [-0.2, 0) is 0 Å². The first-order valence-electron chi connectivity index (χ1n) is 3.95. The lowest BCUT2D eigenvalue weighted by Gasteiger charge is -2.23. The fourth-order valence-corrected chi connectivity index (χ4v) is 3.01. The monoisotopic (exact) mass is 385 g/mol. The zero-order valence-electron chi connectivity index (χ0n) is 6.48. The van der Waals surface area contributed by atoms with Crippen LogP contribution in [0.2, 0.25) is 0 Å². The zero-order valence-corrected chi connectivity index (χ0v) is 10.8. The number of alkyl halides is 1. The molecule has 1 aromatic carbocycles. The van der Waals surface area contributed by atoms with Gasteiger partial charge in [0.05, 0.1) is 5.69 Å². The Hall–Kier alpha value is 0.480. The molecule has 0 saturated heterocycles. The summed E-state index contributed by atoms with van der Waals surface area (Å²) in [5, 5.41) is 3.45. The predicted octanol–water partition coefficient (Wildman–Crippen LogP) is 3.58. The number of rotatable bonds is 0. The Morgan fingerprint density at radius 1 is 1.42 bits per heavy atom. The van der Waals surface area contributed by atoms with Crippen LogP contribution in [0.4, 0.5) is 5.69 Å². The van der Waals surface area contributed by atoms with Crippen molar-refractivity contribution in [3.05, 3.63) is 27.3 Å². The number of fused-ring (bicyclic) bond motifs is 1. The highest BCUT2D eigenvalue weighted by Gasteiger charge is 2.18. The molecule has 3 heteroatoms. The molecule has 1 nitrogen and oxygen atoms in total. The Morgan fingerprint density at radius 3 is 3.00 bits per heavy atom. The van der Waals surface area contributed by atoms with E-state index in [1.54, 1.807) is 0 Å². The molecule has 64 valence electrons. The third kappa shape index (κ3) is 1.57. The first-order chi connectivity index (χ1) is 5.79. The third-order valence-electron chi connectivity index (χ3n) is 2.08. The smallest absolute Gasteiger partial charge is 0.0519 e. The number of benzene rings is 1. The van der Waals surface area contributed by atoms with Gasteiger partial charge >= 0.3 is 0 Å². The van der Waals surface area contributed by atoms with Gasteiger partial charge in [0.1, 0.15) is 0 Å². The average molecular weight is 385 g/mol. The van der Waals surface area contributed by atoms with E-state index in [4.69, 9.17) is 0 Å². The van der Waals surface area contributed by atoms with Crippen LogP contribution in [0.3, 0.4) is 0 Å². The van der Waals surface area contributed by atoms with Gasteiger partial charge in [0, 0.05) is 14.0 Å². The van der Waals surface area contributed by atoms with Crippen LogP contribution in [0.1, 0.15) is 15.9 Å². The second kappa shape index (κ2) is 3.69. The van der Waals surface area contributed by atoms with Crippen molar-refractivity contribution in [1.82, 2.24) is 0 Å². The normalized spacial score (nSPS) is 21.3. The van der Waals surface area contributed by atoms with Crippen LogP contribution in [0.15, 0.2) is 18.2 Å². The van der Waals surface area contributed by atoms with Crippen molar-refractivity contribution < 1.29 is 0 Å². The summed E-state index contributed by atoms with van der Waals surface area (Å²) >= 11 is 4.91. The van der Waals surface area contributed by atoms with Gasteiger partial charge in [0.15, 0.2) is 0 Å². The Bertz CT molecular complexity index is 299. The number of nitrogens with one attached hydrogen (secondary N) is 1. The first kappa shape index (κ1) is 9.05. The summed E-state index contributed by atoms with van der Waals surface area (Å²) in [4.78, 5) is 0. The molecule has 1 aliphatic heterocycles. The molecule has 0 aromatic heterocycles. The standard InChI is InChI=1S/C9H9I2N/c10-7-4-5-12-9-6(7)2-1-3-8(9)11/h1-3,7,12H,4-5H2. The summed E-state index contributed by atoms with van der Waals surface area (Å²) in [6.07, 6.45) is 1.24. The number of hydrogen-bond donors (Lipinski definition) is 1. The van der Waals surface area contributed by atoms with Crippen LogP contribution in [0.5, 0.6) is 0 Å². The van der Waals surface area contributed by atoms with E-state index in [-0.39, 0.29) is 0 Å². The molecule has 1 atom stereocenters. The van der Waals surface area contributed by atoms with Crippen molar-refractivity contribution in [1.29, 1.82) is 0 Å². The molecule has 0 aliphatic carbocycles. The van der Waals surface area contributed by atoms with Crippen LogP contribution in [0.25, 0.3) is 0 Å². The minimum Gasteiger partial charge on any atom is -0.384 e. The molecule has 1 aromatic rings. The largest absolute Gasteiger partial charge is 0.384 e. The fourth-order valence-electron chi connectivity index (χ4n) is 1.47. The number of halogens is 2. The van der Waals surface area contributed by atoms with E-state index in [0.29, 0.717) is 3.92 Å². The van der Waals surface area contributed by atoms with E-state index >= 15 is 0 Å². The maximum absolute atomic E-state index is 3.45. The molecule has 1 aliphatic rings. The molecule has 1 unspecified atom stereocenters. The summed E-state index contributed by atoms with van der Waals surface area (Å²) in [6, 6.07) is 6.51. The topological polar surface area (TPSA) is 12.0 Å². The molecule has 2 rings (SSSR count). The van der Waals surface area contributed by atoms with Gasteiger partial charge in [-0.3, -0.25) is 0 Å². The molecule has 0 saturated carbocycles. The molecule has 0 amide bonds. The maximum Gasteiger partial charge on any atom is 0.0519 e. The summed E-state index contributed by atoms with van der Waals surface area (Å²) in [5.74, 6) is 0. The van der Waals surface area contributed by atoms with Crippen molar-refractivity contribution >= 4 is 50.9 Å². The molecule has 0 spiro atoms. The van der Waals surface area contributed by atoms with Gasteiger partial charge < -0.3 is 5.32 Å². The number of hydrogen-bond acceptors (Lipinski definition) is 1. The van der Waals surface area contributed by atoms with Crippen molar-refractivity contribution in [2.45, 2.75) is 10.3 Å². The van der Waals surface area contributed by atoms with E-state index < -0.39 is 0 Å². The maximum atomic E-state index is 3.45. The lowest BCUT2D eigenvalue weighted by Crippen LogP contribution is -2.14. The summed E-state index contributed by atoms with van der Waals surface area (Å²) in [5.41, 5.74) is 2.82. The van der Waals surface area contributed by atoms with Crippen LogP contribution in [0, 0.1) is 3.57 Å². The highest BCUT2D eigenvalue weighted by atomic mass is 127. The molecule has 12 heavy (non-hydrogen) atoms. The van der Waals surface area contributed by atoms with Crippen molar-refractivity contribution in [2.24, 2.45) is 0 Å². The lowest BCUT2D eigenvalue weighted by molar-refractivity contribution is 0.833. The van der Waals surface area contributed by atoms with Crippen molar-refractivity contribution in [3.8, 4) is 0 Å². The second-order valence-corrected chi connectivity index (χ2v) is 5.55. The minimum atomic E-state index is 0.688. The lowest BCUT2D eigenvalue weighted by atomic mass is 10.0. The van der Waals surface area contributed by atoms with Gasteiger partial charge in [-0.15, -0.1) is 0 Å². The van der Waals surface area contributed by atoms with Crippen molar-refractivity contribution in [2.75, 3.05) is 11.9 Å². The summed E-state index contributed by atoms with van der Waals surface area (Å²) in [7, 11) is 0. The van der Waals surface area contributed by atoms with Gasteiger partial charge in [-0.2, -0.15) is 0 Å². The molecule has 1 heterocycles. The summed E-state index contributed by atoms with van der Waals surface area (Å²) in [6.45, 7) is 1.11. The number of para-hydroxylation sites is 1. The highest BCUT2D eigenvalue weighted by Crippen LogP contribution is 2.38. The fraction of sp³-hybridized carbons (Fsp3) is 0.333. The molecule has 1 N–H and O–H groups in total. The van der Waals surface area contributed by atoms with Gasteiger partial charge in [-0.1, -0.05) is 34.7 Å². The van der Waals surface area contributed by atoms with E-state index in [1.807, 2.05) is 0 Å². The van der Waals surface area contributed by atoms with Crippen LogP contribution < -0.4 is 5.32 Å². The second-order valence-electron chi connectivity index (χ2n) is 2.89. The Labute approximate surface area is 99.6 Å². The van der Waals surface area contributed by atoms with Gasteiger partial charge in [0.25, 0.3) is 0 Å². The molecule has 0 radical (unpaired) electrons. The highest BCUT2D eigenvalue weighted by molar-refractivity contribution is 14.1. The first-order valence-corrected chi connectivity index (χ1v) is 6.28. The van der Waals surface area contributed by atoms with Gasteiger partial charge in [-0.25, -0.2) is 0 Å². The van der Waals surface area contributed by atoms with E-state index in [9.17, 15) is 0 Å². The van der Waals surface area contributed by atoms with Crippen molar-refractivity contribution in [3.63, 3.8) is 0 Å². The minimum absolute atomic E-state index is 0.688. The van der Waals surface area contributed by atoms with Crippen LogP contribution in [-0.4, -0.2) is 6.54 Å². The predicted molar refractivity (Wildman–Crippen MR) is 69.0 cm³/mol. The molecule has 0 fully saturated rings. The molecular weight excluding hydrogens is 376 g/mol. The third-order valence-corrected chi connectivity index (χ3v) is 4.28. The van der Waals surface area contributed by atoms with E-state index in [0.717, 1.165) is 6.54 Å². The molecule has 0 bridgehead atoms. The molecular formula is C9H9I2N.